The number of nitrogens with one attached hydrogen (secondary N) is 1. The lowest BCUT2D eigenvalue weighted by molar-refractivity contribution is -0.135. The van der Waals surface area contributed by atoms with Crippen molar-refractivity contribution in [2.75, 3.05) is 6.61 Å². The zero-order valence-electron chi connectivity index (χ0n) is 17.8. The predicted octanol–water partition coefficient (Wildman–Crippen LogP) is 2.08. The lowest BCUT2D eigenvalue weighted by Gasteiger charge is -2.28. The number of nitrogens with zero attached hydrogens (tertiary/aromatic N) is 1. The topological polar surface area (TPSA) is 77.4 Å². The number of ether oxygens (including phenoxy) is 1. The van der Waals surface area contributed by atoms with Crippen LogP contribution < -0.4 is 20.1 Å². The molecule has 2 aliphatic rings. The van der Waals surface area contributed by atoms with Crippen LogP contribution in [0.15, 0.2) is 21.6 Å². The summed E-state index contributed by atoms with van der Waals surface area (Å²) in [5, 5.41) is 7.00. The molecule has 0 spiro atoms. The molecule has 0 radical (unpaired) electrons. The first-order chi connectivity index (χ1) is 14.9. The third kappa shape index (κ3) is 5.01. The number of hydrogen-bond acceptors (Lipinski definition) is 6. The van der Waals surface area contributed by atoms with Crippen LogP contribution >= 0.6 is 22.7 Å². The first-order valence-corrected chi connectivity index (χ1v) is 12.6. The van der Waals surface area contributed by atoms with Gasteiger partial charge in [0.1, 0.15) is 11.2 Å². The standard InChI is InChI=1S/C23H28N2O4S2/c1-3-29-22(27)11-21-25(23(28)19(31-21)10-16-6-7-30-13-16)12-20(26)24-14(2)18-9-15-4-5-17(18)8-15/h6-7,10-11,13-15,17-18H,3-5,8-9,12H2,1-2H3,(H,24,26). The van der Waals surface area contributed by atoms with Crippen molar-refractivity contribution in [2.45, 2.75) is 52.1 Å². The molecule has 1 N–H and O–H groups in total. The second-order valence-electron chi connectivity index (χ2n) is 8.49. The molecule has 4 atom stereocenters. The fourth-order valence-electron chi connectivity index (χ4n) is 5.04. The summed E-state index contributed by atoms with van der Waals surface area (Å²) in [4.78, 5) is 37.9. The van der Waals surface area contributed by atoms with Crippen LogP contribution in [-0.4, -0.2) is 29.1 Å². The number of rotatable bonds is 7. The Hall–Kier alpha value is -2.19. The van der Waals surface area contributed by atoms with Gasteiger partial charge in [0.25, 0.3) is 5.56 Å². The largest absolute Gasteiger partial charge is 0.463 e. The van der Waals surface area contributed by atoms with Crippen molar-refractivity contribution in [1.29, 1.82) is 0 Å². The molecule has 2 fully saturated rings. The summed E-state index contributed by atoms with van der Waals surface area (Å²) < 4.78 is 7.30. The maximum absolute atomic E-state index is 13.0. The molecule has 1 amide bonds. The van der Waals surface area contributed by atoms with Crippen LogP contribution in [0, 0.1) is 17.8 Å². The van der Waals surface area contributed by atoms with E-state index in [9.17, 15) is 14.4 Å². The SMILES string of the molecule is CCOC(=O)C=c1sc(=Cc2ccsc2)c(=O)n1CC(=O)NC(C)C1CC2CCC1C2. The van der Waals surface area contributed by atoms with Crippen LogP contribution in [0.1, 0.15) is 45.1 Å². The summed E-state index contributed by atoms with van der Waals surface area (Å²) in [7, 11) is 0. The van der Waals surface area contributed by atoms with Crippen LogP contribution in [-0.2, 0) is 20.9 Å². The molecule has 0 saturated heterocycles. The predicted molar refractivity (Wildman–Crippen MR) is 123 cm³/mol. The summed E-state index contributed by atoms with van der Waals surface area (Å²) in [6.07, 6.45) is 8.15. The van der Waals surface area contributed by atoms with E-state index in [0.717, 1.165) is 11.5 Å². The average molecular weight is 461 g/mol. The molecule has 4 unspecified atom stereocenters. The molecule has 0 aromatic carbocycles. The summed E-state index contributed by atoms with van der Waals surface area (Å²) in [6, 6.07) is 2.01. The highest BCUT2D eigenvalue weighted by molar-refractivity contribution is 7.08. The lowest BCUT2D eigenvalue weighted by Crippen LogP contribution is -2.44. The Morgan fingerprint density at radius 2 is 2.19 bits per heavy atom. The Bertz CT molecular complexity index is 1120. The number of amides is 1. The Morgan fingerprint density at radius 1 is 1.35 bits per heavy atom. The number of hydrogen-bond donors (Lipinski definition) is 1. The van der Waals surface area contributed by atoms with Gasteiger partial charge in [-0.05, 0) is 79.3 Å². The van der Waals surface area contributed by atoms with E-state index in [1.165, 1.54) is 47.7 Å². The van der Waals surface area contributed by atoms with Gasteiger partial charge in [0.05, 0.1) is 17.2 Å². The molecule has 31 heavy (non-hydrogen) atoms. The first-order valence-electron chi connectivity index (χ1n) is 10.9. The van der Waals surface area contributed by atoms with Crippen LogP contribution in [0.3, 0.4) is 0 Å². The van der Waals surface area contributed by atoms with E-state index in [2.05, 4.69) is 12.2 Å². The summed E-state index contributed by atoms with van der Waals surface area (Å²) in [6.45, 7) is 3.94. The minimum atomic E-state index is -0.518. The second kappa shape index (κ2) is 9.53. The van der Waals surface area contributed by atoms with Crippen molar-refractivity contribution in [2.24, 2.45) is 17.8 Å². The second-order valence-corrected chi connectivity index (χ2v) is 10.3. The minimum absolute atomic E-state index is 0.0893. The number of thiazole rings is 1. The molecular formula is C23H28N2O4S2. The zero-order chi connectivity index (χ0) is 22.0. The maximum atomic E-state index is 13.0. The van der Waals surface area contributed by atoms with Gasteiger partial charge in [-0.2, -0.15) is 11.3 Å². The molecule has 166 valence electrons. The van der Waals surface area contributed by atoms with Gasteiger partial charge < -0.3 is 10.1 Å². The van der Waals surface area contributed by atoms with Crippen molar-refractivity contribution in [3.05, 3.63) is 41.9 Å². The van der Waals surface area contributed by atoms with E-state index in [0.29, 0.717) is 21.0 Å². The van der Waals surface area contributed by atoms with Crippen molar-refractivity contribution in [3.63, 3.8) is 0 Å². The lowest BCUT2D eigenvalue weighted by atomic mass is 9.84. The summed E-state index contributed by atoms with van der Waals surface area (Å²) in [5.41, 5.74) is 0.655. The molecule has 2 aromatic rings. The van der Waals surface area contributed by atoms with E-state index in [1.807, 2.05) is 16.8 Å². The average Bonchev–Trinajstić information content (AvgIpc) is 3.51. The molecule has 0 aliphatic heterocycles. The normalized spacial score (nSPS) is 24.5. The number of fused-ring (bicyclic) bond motifs is 2. The van der Waals surface area contributed by atoms with E-state index < -0.39 is 5.97 Å². The van der Waals surface area contributed by atoms with Crippen molar-refractivity contribution >= 4 is 46.7 Å². The van der Waals surface area contributed by atoms with Gasteiger partial charge in [-0.15, -0.1) is 11.3 Å². The molecule has 2 aromatic heterocycles. The highest BCUT2D eigenvalue weighted by Gasteiger charge is 2.42. The van der Waals surface area contributed by atoms with Gasteiger partial charge in [-0.1, -0.05) is 6.42 Å². The smallest absolute Gasteiger partial charge is 0.333 e. The third-order valence-corrected chi connectivity index (χ3v) is 8.19. The van der Waals surface area contributed by atoms with E-state index in [4.69, 9.17) is 4.74 Å². The van der Waals surface area contributed by atoms with Crippen LogP contribution in [0.5, 0.6) is 0 Å². The summed E-state index contributed by atoms with van der Waals surface area (Å²) >= 11 is 2.74. The zero-order valence-corrected chi connectivity index (χ0v) is 19.5. The molecule has 2 aliphatic carbocycles. The van der Waals surface area contributed by atoms with Crippen molar-refractivity contribution < 1.29 is 14.3 Å². The summed E-state index contributed by atoms with van der Waals surface area (Å²) in [5.74, 6) is 1.33. The van der Waals surface area contributed by atoms with E-state index in [1.54, 1.807) is 24.3 Å². The van der Waals surface area contributed by atoms with Crippen LogP contribution in [0.4, 0.5) is 0 Å². The maximum Gasteiger partial charge on any atom is 0.333 e. The Labute approximate surface area is 189 Å². The van der Waals surface area contributed by atoms with Gasteiger partial charge in [0, 0.05) is 6.04 Å². The van der Waals surface area contributed by atoms with Gasteiger partial charge in [-0.3, -0.25) is 14.2 Å². The molecule has 2 heterocycles. The fourth-order valence-corrected chi connectivity index (χ4v) is 6.69. The number of carbonyl (C=O) groups excluding carboxylic acids is 2. The van der Waals surface area contributed by atoms with Gasteiger partial charge in [-0.25, -0.2) is 4.79 Å². The van der Waals surface area contributed by atoms with E-state index in [-0.39, 0.29) is 30.7 Å². The third-order valence-electron chi connectivity index (χ3n) is 6.43. The monoisotopic (exact) mass is 460 g/mol. The molecule has 2 bridgehead atoms. The number of esters is 1. The van der Waals surface area contributed by atoms with Crippen LogP contribution in [0.2, 0.25) is 0 Å². The van der Waals surface area contributed by atoms with Crippen LogP contribution in [0.25, 0.3) is 12.2 Å². The number of carbonyl (C=O) groups is 2. The highest BCUT2D eigenvalue weighted by atomic mass is 32.1. The Morgan fingerprint density at radius 3 is 2.84 bits per heavy atom. The molecule has 8 heteroatoms. The van der Waals surface area contributed by atoms with Gasteiger partial charge in [0.15, 0.2) is 0 Å². The molecule has 2 saturated carbocycles. The Kier molecular flexibility index (Phi) is 6.77. The van der Waals surface area contributed by atoms with Crippen molar-refractivity contribution in [3.8, 4) is 0 Å². The van der Waals surface area contributed by atoms with Gasteiger partial charge in [0.2, 0.25) is 5.91 Å². The minimum Gasteiger partial charge on any atom is -0.463 e. The van der Waals surface area contributed by atoms with Crippen molar-refractivity contribution in [1.82, 2.24) is 9.88 Å². The van der Waals surface area contributed by atoms with Gasteiger partial charge >= 0.3 is 5.97 Å². The Balaban J connectivity index is 1.57. The highest BCUT2D eigenvalue weighted by Crippen LogP contribution is 2.49. The molecule has 4 rings (SSSR count). The first kappa shape index (κ1) is 22.0. The quantitative estimate of drug-likeness (QED) is 0.642. The fraction of sp³-hybridized carbons (Fsp3) is 0.522. The molecule has 6 nitrogen and oxygen atoms in total. The van der Waals surface area contributed by atoms with E-state index >= 15 is 0 Å². The molecular weight excluding hydrogens is 432 g/mol. The number of aromatic nitrogens is 1. The number of thiophene rings is 1.